The van der Waals surface area contributed by atoms with E-state index < -0.39 is 0 Å². The van der Waals surface area contributed by atoms with Crippen LogP contribution in [0.1, 0.15) is 34.3 Å². The molecule has 8 heteroatoms. The molecule has 1 N–H and O–H groups in total. The normalized spacial score (nSPS) is 19.6. The Morgan fingerprint density at radius 1 is 1.14 bits per heavy atom. The molecule has 2 aliphatic heterocycles. The van der Waals surface area contributed by atoms with Crippen molar-refractivity contribution in [3.8, 4) is 0 Å². The number of thiophene rings is 1. The predicted octanol–water partition coefficient (Wildman–Crippen LogP) is 2.51. The summed E-state index contributed by atoms with van der Waals surface area (Å²) >= 11 is 1.83. The van der Waals surface area contributed by atoms with Crippen LogP contribution < -0.4 is 5.32 Å². The molecule has 0 radical (unpaired) electrons. The van der Waals surface area contributed by atoms with E-state index in [0.717, 1.165) is 38.7 Å². The van der Waals surface area contributed by atoms with Crippen molar-refractivity contribution in [1.29, 1.82) is 0 Å². The lowest BCUT2D eigenvalue weighted by molar-refractivity contribution is 0.0657. The fourth-order valence-corrected chi connectivity index (χ4v) is 5.00. The maximum Gasteiger partial charge on any atom is 0.289 e. The zero-order valence-electron chi connectivity index (χ0n) is 16.9. The molecule has 4 heterocycles. The van der Waals surface area contributed by atoms with Crippen LogP contribution >= 0.6 is 11.3 Å². The SMILES string of the molecule is CN=C(NCC(c1cccs1)N1CCCC1)N1CCN(C(=O)c2ccco2)CC1. The van der Waals surface area contributed by atoms with Crippen LogP contribution in [0.3, 0.4) is 0 Å². The number of carbonyl (C=O) groups excluding carboxylic acids is 1. The Labute approximate surface area is 176 Å². The summed E-state index contributed by atoms with van der Waals surface area (Å²) in [5, 5.41) is 5.75. The van der Waals surface area contributed by atoms with E-state index in [1.807, 2.05) is 23.3 Å². The average Bonchev–Trinajstić information content (AvgIpc) is 3.54. The summed E-state index contributed by atoms with van der Waals surface area (Å²) in [5.74, 6) is 1.28. The molecular formula is C21H29N5O2S. The van der Waals surface area contributed by atoms with Gasteiger partial charge in [0.25, 0.3) is 5.91 Å². The smallest absolute Gasteiger partial charge is 0.289 e. The summed E-state index contributed by atoms with van der Waals surface area (Å²) in [6.45, 7) is 6.03. The van der Waals surface area contributed by atoms with Crippen LogP contribution in [0.25, 0.3) is 0 Å². The summed E-state index contributed by atoms with van der Waals surface area (Å²) in [4.78, 5) is 25.0. The monoisotopic (exact) mass is 415 g/mol. The standard InChI is InChI=1S/C21H29N5O2S/c1-22-21(23-16-17(19-7-5-15-29-19)24-8-2-3-9-24)26-12-10-25(11-13-26)20(27)18-6-4-14-28-18/h4-7,14-15,17H,2-3,8-13,16H2,1H3,(H,22,23). The minimum absolute atomic E-state index is 0.0376. The van der Waals surface area contributed by atoms with Gasteiger partial charge in [0.2, 0.25) is 0 Å². The van der Waals surface area contributed by atoms with Crippen molar-refractivity contribution in [2.45, 2.75) is 18.9 Å². The highest BCUT2D eigenvalue weighted by Crippen LogP contribution is 2.27. The first-order valence-electron chi connectivity index (χ1n) is 10.3. The van der Waals surface area contributed by atoms with Crippen molar-refractivity contribution < 1.29 is 9.21 Å². The summed E-state index contributed by atoms with van der Waals surface area (Å²) < 4.78 is 5.25. The van der Waals surface area contributed by atoms with E-state index in [9.17, 15) is 4.79 Å². The highest BCUT2D eigenvalue weighted by atomic mass is 32.1. The summed E-state index contributed by atoms with van der Waals surface area (Å²) in [7, 11) is 1.83. The van der Waals surface area contributed by atoms with E-state index >= 15 is 0 Å². The fourth-order valence-electron chi connectivity index (χ4n) is 4.14. The lowest BCUT2D eigenvalue weighted by atomic mass is 10.2. The number of aliphatic imine (C=N–C) groups is 1. The Morgan fingerprint density at radius 2 is 1.90 bits per heavy atom. The molecule has 0 spiro atoms. The third kappa shape index (κ3) is 4.64. The number of amides is 1. The quantitative estimate of drug-likeness (QED) is 0.601. The lowest BCUT2D eigenvalue weighted by Crippen LogP contribution is -2.54. The number of piperazine rings is 1. The van der Waals surface area contributed by atoms with Gasteiger partial charge in [-0.05, 0) is 49.5 Å². The number of nitrogens with zero attached hydrogens (tertiary/aromatic N) is 4. The molecule has 2 aliphatic rings. The molecule has 1 amide bonds. The number of hydrogen-bond donors (Lipinski definition) is 1. The van der Waals surface area contributed by atoms with E-state index in [0.29, 0.717) is 24.9 Å². The van der Waals surface area contributed by atoms with E-state index in [-0.39, 0.29) is 5.91 Å². The van der Waals surface area contributed by atoms with Gasteiger partial charge in [0.15, 0.2) is 11.7 Å². The average molecular weight is 416 g/mol. The molecule has 2 aromatic heterocycles. The molecule has 0 saturated carbocycles. The van der Waals surface area contributed by atoms with Crippen LogP contribution in [0.15, 0.2) is 45.3 Å². The fraction of sp³-hybridized carbons (Fsp3) is 0.524. The van der Waals surface area contributed by atoms with Crippen molar-refractivity contribution in [3.05, 3.63) is 46.5 Å². The van der Waals surface area contributed by atoms with Crippen LogP contribution in [-0.4, -0.2) is 79.4 Å². The second-order valence-corrected chi connectivity index (χ2v) is 8.44. The van der Waals surface area contributed by atoms with Crippen LogP contribution in [0.4, 0.5) is 0 Å². The van der Waals surface area contributed by atoms with Crippen molar-refractivity contribution >= 4 is 23.2 Å². The Morgan fingerprint density at radius 3 is 2.52 bits per heavy atom. The number of hydrogen-bond acceptors (Lipinski definition) is 5. The highest BCUT2D eigenvalue weighted by Gasteiger charge is 2.27. The van der Waals surface area contributed by atoms with Gasteiger partial charge in [-0.25, -0.2) is 0 Å². The summed E-state index contributed by atoms with van der Waals surface area (Å²) in [5.41, 5.74) is 0. The molecule has 4 rings (SSSR count). The molecule has 7 nitrogen and oxygen atoms in total. The van der Waals surface area contributed by atoms with Gasteiger partial charge in [0.1, 0.15) is 0 Å². The molecule has 1 unspecified atom stereocenters. The zero-order chi connectivity index (χ0) is 20.1. The molecule has 156 valence electrons. The van der Waals surface area contributed by atoms with Gasteiger partial charge in [-0.3, -0.25) is 14.7 Å². The molecular weight excluding hydrogens is 386 g/mol. The molecule has 2 saturated heterocycles. The first-order valence-corrected chi connectivity index (χ1v) is 11.2. The van der Waals surface area contributed by atoms with Gasteiger partial charge in [-0.2, -0.15) is 0 Å². The molecule has 0 bridgehead atoms. The molecule has 0 aromatic carbocycles. The van der Waals surface area contributed by atoms with Crippen LogP contribution in [0, 0.1) is 0 Å². The molecule has 2 fully saturated rings. The summed E-state index contributed by atoms with van der Waals surface area (Å²) in [6.07, 6.45) is 4.10. The van der Waals surface area contributed by atoms with Crippen molar-refractivity contribution in [3.63, 3.8) is 0 Å². The van der Waals surface area contributed by atoms with E-state index in [4.69, 9.17) is 4.42 Å². The molecule has 1 atom stereocenters. The molecule has 29 heavy (non-hydrogen) atoms. The van der Waals surface area contributed by atoms with Gasteiger partial charge in [-0.15, -0.1) is 11.3 Å². The number of furan rings is 1. The third-order valence-electron chi connectivity index (χ3n) is 5.72. The Hall–Kier alpha value is -2.32. The van der Waals surface area contributed by atoms with Gasteiger partial charge in [0.05, 0.1) is 12.3 Å². The first-order chi connectivity index (χ1) is 14.3. The Bertz CT molecular complexity index is 791. The van der Waals surface area contributed by atoms with Crippen LogP contribution in [0.2, 0.25) is 0 Å². The van der Waals surface area contributed by atoms with Crippen LogP contribution in [0.5, 0.6) is 0 Å². The van der Waals surface area contributed by atoms with Gasteiger partial charge in [-0.1, -0.05) is 6.07 Å². The maximum atomic E-state index is 12.5. The topological polar surface area (TPSA) is 64.3 Å². The minimum Gasteiger partial charge on any atom is -0.459 e. The van der Waals surface area contributed by atoms with Gasteiger partial charge in [0, 0.05) is 44.6 Å². The number of carbonyl (C=O) groups is 1. The largest absolute Gasteiger partial charge is 0.459 e. The van der Waals surface area contributed by atoms with Crippen LogP contribution in [-0.2, 0) is 0 Å². The minimum atomic E-state index is -0.0376. The number of rotatable bonds is 5. The maximum absolute atomic E-state index is 12.5. The number of nitrogens with one attached hydrogen (secondary N) is 1. The third-order valence-corrected chi connectivity index (χ3v) is 6.69. The van der Waals surface area contributed by atoms with Crippen molar-refractivity contribution in [1.82, 2.24) is 20.0 Å². The Balaban J connectivity index is 1.33. The second kappa shape index (κ2) is 9.45. The number of guanidine groups is 1. The van der Waals surface area contributed by atoms with Gasteiger partial charge < -0.3 is 19.5 Å². The zero-order valence-corrected chi connectivity index (χ0v) is 17.7. The van der Waals surface area contributed by atoms with E-state index in [1.165, 1.54) is 17.7 Å². The first kappa shape index (κ1) is 20.0. The van der Waals surface area contributed by atoms with E-state index in [2.05, 4.69) is 37.6 Å². The second-order valence-electron chi connectivity index (χ2n) is 7.46. The highest BCUT2D eigenvalue weighted by molar-refractivity contribution is 7.10. The van der Waals surface area contributed by atoms with Gasteiger partial charge >= 0.3 is 0 Å². The Kier molecular flexibility index (Phi) is 6.51. The molecule has 0 aliphatic carbocycles. The predicted molar refractivity (Wildman–Crippen MR) is 115 cm³/mol. The van der Waals surface area contributed by atoms with Crippen molar-refractivity contribution in [2.24, 2.45) is 4.99 Å². The number of likely N-dealkylation sites (tertiary alicyclic amines) is 1. The summed E-state index contributed by atoms with van der Waals surface area (Å²) in [6, 6.07) is 8.22. The molecule has 2 aromatic rings. The lowest BCUT2D eigenvalue weighted by Gasteiger charge is -2.37. The van der Waals surface area contributed by atoms with E-state index in [1.54, 1.807) is 18.4 Å². The van der Waals surface area contributed by atoms with Crippen molar-refractivity contribution in [2.75, 3.05) is 52.9 Å².